The number of hydrogen-bond acceptors (Lipinski definition) is 6. The van der Waals surface area contributed by atoms with E-state index in [2.05, 4.69) is 5.32 Å². The van der Waals surface area contributed by atoms with E-state index in [4.69, 9.17) is 14.2 Å². The molecule has 1 aliphatic rings. The summed E-state index contributed by atoms with van der Waals surface area (Å²) in [5.74, 6) is 1.70. The van der Waals surface area contributed by atoms with Gasteiger partial charge in [0.1, 0.15) is 25.6 Å². The van der Waals surface area contributed by atoms with Crippen molar-refractivity contribution in [2.75, 3.05) is 36.9 Å². The molecule has 0 aliphatic carbocycles. The van der Waals surface area contributed by atoms with E-state index < -0.39 is 10.0 Å². The van der Waals surface area contributed by atoms with Crippen molar-refractivity contribution in [3.05, 3.63) is 48.5 Å². The summed E-state index contributed by atoms with van der Waals surface area (Å²) in [7, 11) is -3.52. The maximum atomic E-state index is 12.3. The lowest BCUT2D eigenvalue weighted by molar-refractivity contribution is -0.121. The Morgan fingerprint density at radius 3 is 2.55 bits per heavy atom. The largest absolute Gasteiger partial charge is 0.491 e. The topological polar surface area (TPSA) is 94.2 Å². The average molecular weight is 449 g/mol. The Labute approximate surface area is 183 Å². The maximum absolute atomic E-state index is 12.3. The van der Waals surface area contributed by atoms with Crippen molar-refractivity contribution in [1.29, 1.82) is 0 Å². The molecule has 1 amide bonds. The summed E-state index contributed by atoms with van der Waals surface area (Å²) in [6, 6.07) is 14.2. The summed E-state index contributed by atoms with van der Waals surface area (Å²) in [4.78, 5) is 12.3. The number of fused-ring (bicyclic) bond motifs is 1. The van der Waals surface area contributed by atoms with Gasteiger partial charge in [-0.3, -0.25) is 9.10 Å². The minimum atomic E-state index is -3.52. The molecule has 2 aromatic carbocycles. The summed E-state index contributed by atoms with van der Waals surface area (Å²) in [5.41, 5.74) is 0.483. The molecule has 1 atom stereocenters. The Bertz CT molecular complexity index is 981. The molecule has 0 fully saturated rings. The molecule has 31 heavy (non-hydrogen) atoms. The van der Waals surface area contributed by atoms with Gasteiger partial charge in [0.25, 0.3) is 0 Å². The summed E-state index contributed by atoms with van der Waals surface area (Å²) < 4.78 is 42.6. The number of nitrogens with one attached hydrogen (secondary N) is 1. The lowest BCUT2D eigenvalue weighted by atomic mass is 10.2. The molecule has 0 spiro atoms. The molecule has 0 unspecified atom stereocenters. The first-order valence-corrected chi connectivity index (χ1v) is 12.0. The van der Waals surface area contributed by atoms with Crippen molar-refractivity contribution in [3.63, 3.8) is 0 Å². The molecule has 3 rings (SSSR count). The van der Waals surface area contributed by atoms with Crippen LogP contribution in [0.15, 0.2) is 48.5 Å². The number of benzene rings is 2. The zero-order valence-electron chi connectivity index (χ0n) is 17.7. The number of anilines is 1. The number of sulfonamides is 1. The molecule has 9 heteroatoms. The van der Waals surface area contributed by atoms with E-state index >= 15 is 0 Å². The number of carbonyl (C=O) groups is 1. The molecular formula is C22H28N2O6S. The van der Waals surface area contributed by atoms with Crippen molar-refractivity contribution >= 4 is 21.6 Å². The third-order valence-corrected chi connectivity index (χ3v) is 5.82. The lowest BCUT2D eigenvalue weighted by Gasteiger charge is -2.25. The second-order valence-electron chi connectivity index (χ2n) is 7.36. The molecule has 1 heterocycles. The minimum absolute atomic E-state index is 0.153. The van der Waals surface area contributed by atoms with E-state index in [1.54, 1.807) is 18.2 Å². The number of amides is 1. The summed E-state index contributed by atoms with van der Waals surface area (Å²) in [6.45, 7) is 3.27. The van der Waals surface area contributed by atoms with Crippen LogP contribution in [0.3, 0.4) is 0 Å². The maximum Gasteiger partial charge on any atom is 0.232 e. The molecule has 0 saturated heterocycles. The van der Waals surface area contributed by atoms with E-state index in [9.17, 15) is 13.2 Å². The smallest absolute Gasteiger partial charge is 0.232 e. The fourth-order valence-electron chi connectivity index (χ4n) is 3.18. The molecule has 168 valence electrons. The van der Waals surface area contributed by atoms with Crippen LogP contribution in [0.25, 0.3) is 0 Å². The average Bonchev–Trinajstić information content (AvgIpc) is 2.75. The molecule has 0 bridgehead atoms. The van der Waals surface area contributed by atoms with Gasteiger partial charge in [0.15, 0.2) is 11.5 Å². The highest BCUT2D eigenvalue weighted by atomic mass is 32.2. The van der Waals surface area contributed by atoms with Crippen LogP contribution in [-0.2, 0) is 14.8 Å². The van der Waals surface area contributed by atoms with E-state index in [0.717, 1.165) is 12.0 Å². The van der Waals surface area contributed by atoms with E-state index in [1.807, 2.05) is 37.3 Å². The Balaban J connectivity index is 1.50. The number of para-hydroxylation sites is 1. The molecule has 1 aliphatic heterocycles. The van der Waals surface area contributed by atoms with E-state index in [1.165, 1.54) is 4.31 Å². The van der Waals surface area contributed by atoms with Gasteiger partial charge < -0.3 is 19.5 Å². The van der Waals surface area contributed by atoms with E-state index in [0.29, 0.717) is 43.4 Å². The Morgan fingerprint density at radius 1 is 1.13 bits per heavy atom. The van der Waals surface area contributed by atoms with Gasteiger partial charge in [0.2, 0.25) is 15.9 Å². The lowest BCUT2D eigenvalue weighted by Crippen LogP contribution is -2.37. The fourth-order valence-corrected chi connectivity index (χ4v) is 4.14. The Kier molecular flexibility index (Phi) is 7.62. The van der Waals surface area contributed by atoms with E-state index in [-0.39, 0.29) is 24.9 Å². The fraction of sp³-hybridized carbons (Fsp3) is 0.409. The van der Waals surface area contributed by atoms with Gasteiger partial charge in [0.05, 0.1) is 18.0 Å². The third kappa shape index (κ3) is 6.78. The van der Waals surface area contributed by atoms with Crippen LogP contribution in [0.2, 0.25) is 0 Å². The van der Waals surface area contributed by atoms with Gasteiger partial charge in [-0.05, 0) is 37.6 Å². The van der Waals surface area contributed by atoms with Crippen LogP contribution >= 0.6 is 0 Å². The second kappa shape index (κ2) is 10.4. The first kappa shape index (κ1) is 22.7. The van der Waals surface area contributed by atoms with Crippen LogP contribution in [0.5, 0.6) is 17.2 Å². The second-order valence-corrected chi connectivity index (χ2v) is 9.27. The predicted molar refractivity (Wildman–Crippen MR) is 118 cm³/mol. The molecule has 2 aromatic rings. The summed E-state index contributed by atoms with van der Waals surface area (Å²) in [5, 5.41) is 2.87. The van der Waals surface area contributed by atoms with Crippen molar-refractivity contribution in [1.82, 2.24) is 5.32 Å². The number of hydrogen-bond donors (Lipinski definition) is 1. The molecule has 0 aromatic heterocycles. The first-order chi connectivity index (χ1) is 14.8. The van der Waals surface area contributed by atoms with Crippen LogP contribution in [0.4, 0.5) is 5.69 Å². The van der Waals surface area contributed by atoms with Crippen molar-refractivity contribution in [2.45, 2.75) is 25.8 Å². The highest BCUT2D eigenvalue weighted by Gasteiger charge is 2.21. The predicted octanol–water partition coefficient (Wildman–Crippen LogP) is 2.59. The van der Waals surface area contributed by atoms with Gasteiger partial charge in [-0.15, -0.1) is 0 Å². The normalized spacial score (nSPS) is 13.9. The highest BCUT2D eigenvalue weighted by Crippen LogP contribution is 2.34. The first-order valence-electron chi connectivity index (χ1n) is 10.2. The highest BCUT2D eigenvalue weighted by molar-refractivity contribution is 7.92. The SMILES string of the molecule is C[C@H](COc1ccccc1)NC(=O)CCCN(c1ccc2c(c1)OCCO2)S(C)(=O)=O. The Hall–Kier alpha value is -2.94. The van der Waals surface area contributed by atoms with Gasteiger partial charge in [0, 0.05) is 19.0 Å². The number of nitrogens with zero attached hydrogens (tertiary/aromatic N) is 1. The van der Waals surface area contributed by atoms with Crippen molar-refractivity contribution < 1.29 is 27.4 Å². The van der Waals surface area contributed by atoms with Gasteiger partial charge >= 0.3 is 0 Å². The van der Waals surface area contributed by atoms with Crippen LogP contribution in [-0.4, -0.2) is 53.0 Å². The summed E-state index contributed by atoms with van der Waals surface area (Å²) >= 11 is 0. The van der Waals surface area contributed by atoms with Gasteiger partial charge in [-0.1, -0.05) is 18.2 Å². The van der Waals surface area contributed by atoms with Crippen LogP contribution in [0, 0.1) is 0 Å². The van der Waals surface area contributed by atoms with Crippen molar-refractivity contribution in [2.24, 2.45) is 0 Å². The quantitative estimate of drug-likeness (QED) is 0.600. The molecule has 0 radical (unpaired) electrons. The third-order valence-electron chi connectivity index (χ3n) is 4.63. The number of carbonyl (C=O) groups excluding carboxylic acids is 1. The monoisotopic (exact) mass is 448 g/mol. The number of rotatable bonds is 10. The summed E-state index contributed by atoms with van der Waals surface area (Å²) in [6.07, 6.45) is 1.72. The molecular weight excluding hydrogens is 420 g/mol. The molecule has 0 saturated carbocycles. The zero-order valence-corrected chi connectivity index (χ0v) is 18.6. The number of ether oxygens (including phenoxy) is 3. The van der Waals surface area contributed by atoms with Crippen LogP contribution in [0.1, 0.15) is 19.8 Å². The van der Waals surface area contributed by atoms with Crippen molar-refractivity contribution in [3.8, 4) is 17.2 Å². The Morgan fingerprint density at radius 2 is 1.84 bits per heavy atom. The van der Waals surface area contributed by atoms with Gasteiger partial charge in [-0.25, -0.2) is 8.42 Å². The molecule has 8 nitrogen and oxygen atoms in total. The standard InChI is InChI=1S/C22H28N2O6S/c1-17(16-30-19-7-4-3-5-8-19)23-22(25)9-6-12-24(31(2,26)27)18-10-11-20-21(15-18)29-14-13-28-20/h3-5,7-8,10-11,15,17H,6,9,12-14,16H2,1-2H3,(H,23,25)/t17-/m1/s1. The zero-order chi connectivity index (χ0) is 22.3. The molecule has 1 N–H and O–H groups in total. The minimum Gasteiger partial charge on any atom is -0.491 e. The van der Waals surface area contributed by atoms with Crippen LogP contribution < -0.4 is 23.8 Å². The van der Waals surface area contributed by atoms with Gasteiger partial charge in [-0.2, -0.15) is 0 Å².